The number of aryl methyl sites for hydroxylation is 2. The van der Waals surface area contributed by atoms with E-state index < -0.39 is 5.97 Å². The van der Waals surface area contributed by atoms with Gasteiger partial charge in [0.15, 0.2) is 0 Å². The second-order valence-corrected chi connectivity index (χ2v) is 6.54. The lowest BCUT2D eigenvalue weighted by Crippen LogP contribution is -1.94. The van der Waals surface area contributed by atoms with Crippen LogP contribution in [-0.4, -0.2) is 21.0 Å². The van der Waals surface area contributed by atoms with E-state index in [-0.39, 0.29) is 0 Å². The Morgan fingerprint density at radius 2 is 1.67 bits per heavy atom. The number of carboxylic acids is 1. The van der Waals surface area contributed by atoms with Crippen LogP contribution in [-0.2, 0) is 0 Å². The minimum atomic E-state index is -0.929. The standard InChI is InChI=1S/C15H12N2O2S2/c1-8-11(14-17-9(2)12(21-14)15(18)19)20-13(16-8)10-6-4-3-5-7-10/h3-7H,1-2H3,(H,18,19). The van der Waals surface area contributed by atoms with E-state index in [0.717, 1.165) is 26.1 Å². The van der Waals surface area contributed by atoms with Crippen LogP contribution in [0.5, 0.6) is 0 Å². The number of hydrogen-bond donors (Lipinski definition) is 1. The lowest BCUT2D eigenvalue weighted by Gasteiger charge is -1.92. The minimum Gasteiger partial charge on any atom is -0.477 e. The second-order valence-electron chi connectivity index (χ2n) is 4.54. The van der Waals surface area contributed by atoms with Gasteiger partial charge in [0.25, 0.3) is 0 Å². The number of aromatic nitrogens is 2. The van der Waals surface area contributed by atoms with Gasteiger partial charge in [-0.05, 0) is 13.8 Å². The summed E-state index contributed by atoms with van der Waals surface area (Å²) in [6.07, 6.45) is 0. The Bertz CT molecular complexity index is 806. The zero-order chi connectivity index (χ0) is 15.0. The van der Waals surface area contributed by atoms with Crippen LogP contribution in [0.3, 0.4) is 0 Å². The topological polar surface area (TPSA) is 63.1 Å². The van der Waals surface area contributed by atoms with Crippen molar-refractivity contribution in [3.05, 3.63) is 46.6 Å². The fourth-order valence-corrected chi connectivity index (χ4v) is 4.09. The first-order valence-corrected chi connectivity index (χ1v) is 7.93. The molecule has 0 atom stereocenters. The Kier molecular flexibility index (Phi) is 3.57. The van der Waals surface area contributed by atoms with Gasteiger partial charge in [-0.25, -0.2) is 14.8 Å². The average molecular weight is 316 g/mol. The molecule has 6 heteroatoms. The van der Waals surface area contributed by atoms with Crippen molar-refractivity contribution in [3.63, 3.8) is 0 Å². The molecule has 0 amide bonds. The number of carboxylic acid groups (broad SMARTS) is 1. The Morgan fingerprint density at radius 3 is 2.29 bits per heavy atom. The first kappa shape index (κ1) is 13.9. The van der Waals surface area contributed by atoms with Crippen molar-refractivity contribution in [1.29, 1.82) is 0 Å². The van der Waals surface area contributed by atoms with Crippen LogP contribution in [0.15, 0.2) is 30.3 Å². The van der Waals surface area contributed by atoms with Gasteiger partial charge in [-0.2, -0.15) is 0 Å². The molecule has 0 bridgehead atoms. The van der Waals surface area contributed by atoms with Crippen molar-refractivity contribution in [1.82, 2.24) is 9.97 Å². The quantitative estimate of drug-likeness (QED) is 0.784. The molecule has 106 valence electrons. The summed E-state index contributed by atoms with van der Waals surface area (Å²) >= 11 is 2.75. The number of thiazole rings is 2. The molecular formula is C15H12N2O2S2. The molecule has 2 heterocycles. The van der Waals surface area contributed by atoms with E-state index >= 15 is 0 Å². The molecule has 0 saturated carbocycles. The molecule has 1 N–H and O–H groups in total. The Balaban J connectivity index is 2.06. The van der Waals surface area contributed by atoms with Crippen LogP contribution in [0.25, 0.3) is 20.5 Å². The molecule has 0 fully saturated rings. The summed E-state index contributed by atoms with van der Waals surface area (Å²) in [5.41, 5.74) is 2.49. The van der Waals surface area contributed by atoms with Crippen LogP contribution >= 0.6 is 22.7 Å². The fourth-order valence-electron chi connectivity index (χ4n) is 1.99. The maximum atomic E-state index is 11.1. The van der Waals surface area contributed by atoms with Crippen molar-refractivity contribution < 1.29 is 9.90 Å². The summed E-state index contributed by atoms with van der Waals surface area (Å²) in [5.74, 6) is -0.929. The van der Waals surface area contributed by atoms with Gasteiger partial charge in [-0.1, -0.05) is 30.3 Å². The lowest BCUT2D eigenvalue weighted by molar-refractivity contribution is 0.0701. The monoisotopic (exact) mass is 316 g/mol. The summed E-state index contributed by atoms with van der Waals surface area (Å²) in [6, 6.07) is 9.94. The highest BCUT2D eigenvalue weighted by molar-refractivity contribution is 7.24. The Labute approximate surface area is 129 Å². The normalized spacial score (nSPS) is 10.8. The first-order chi connectivity index (χ1) is 10.1. The zero-order valence-electron chi connectivity index (χ0n) is 11.5. The largest absolute Gasteiger partial charge is 0.477 e. The molecule has 0 aliphatic heterocycles. The van der Waals surface area contributed by atoms with Gasteiger partial charge >= 0.3 is 5.97 Å². The number of nitrogens with zero attached hydrogens (tertiary/aromatic N) is 2. The van der Waals surface area contributed by atoms with Gasteiger partial charge in [0.2, 0.25) is 0 Å². The van der Waals surface area contributed by atoms with Gasteiger partial charge < -0.3 is 5.11 Å². The van der Waals surface area contributed by atoms with Crippen molar-refractivity contribution in [3.8, 4) is 20.5 Å². The van der Waals surface area contributed by atoms with Gasteiger partial charge in [-0.15, -0.1) is 22.7 Å². The molecular weight excluding hydrogens is 304 g/mol. The molecule has 0 aliphatic carbocycles. The smallest absolute Gasteiger partial charge is 0.347 e. The third kappa shape index (κ3) is 2.59. The highest BCUT2D eigenvalue weighted by Crippen LogP contribution is 2.37. The molecule has 4 nitrogen and oxygen atoms in total. The van der Waals surface area contributed by atoms with Crippen LogP contribution in [0.2, 0.25) is 0 Å². The Morgan fingerprint density at radius 1 is 1.00 bits per heavy atom. The number of hydrogen-bond acceptors (Lipinski definition) is 5. The number of benzene rings is 1. The number of carbonyl (C=O) groups is 1. The highest BCUT2D eigenvalue weighted by Gasteiger charge is 2.19. The van der Waals surface area contributed by atoms with E-state index in [9.17, 15) is 4.79 Å². The van der Waals surface area contributed by atoms with Gasteiger partial charge in [0.05, 0.1) is 16.3 Å². The van der Waals surface area contributed by atoms with E-state index in [2.05, 4.69) is 9.97 Å². The first-order valence-electron chi connectivity index (χ1n) is 6.30. The molecule has 3 aromatic rings. The summed E-state index contributed by atoms with van der Waals surface area (Å²) in [4.78, 5) is 21.3. The summed E-state index contributed by atoms with van der Waals surface area (Å²) in [6.45, 7) is 3.65. The maximum Gasteiger partial charge on any atom is 0.347 e. The van der Waals surface area contributed by atoms with E-state index in [1.54, 1.807) is 18.3 Å². The van der Waals surface area contributed by atoms with Gasteiger partial charge in [-0.3, -0.25) is 0 Å². The molecule has 21 heavy (non-hydrogen) atoms. The summed E-state index contributed by atoms with van der Waals surface area (Å²) in [5, 5.41) is 10.8. The third-order valence-electron chi connectivity index (χ3n) is 3.00. The SMILES string of the molecule is Cc1nc(-c2sc(-c3ccccc3)nc2C)sc1C(=O)O. The van der Waals surface area contributed by atoms with Crippen molar-refractivity contribution in [2.75, 3.05) is 0 Å². The van der Waals surface area contributed by atoms with E-state index in [4.69, 9.17) is 5.11 Å². The Hall–Kier alpha value is -2.05. The van der Waals surface area contributed by atoms with Crippen molar-refractivity contribution >= 4 is 28.6 Å². The van der Waals surface area contributed by atoms with E-state index in [1.165, 1.54) is 11.3 Å². The lowest BCUT2D eigenvalue weighted by atomic mass is 10.2. The minimum absolute atomic E-state index is 0.291. The molecule has 0 aliphatic rings. The number of rotatable bonds is 3. The molecule has 3 rings (SSSR count). The fraction of sp³-hybridized carbons (Fsp3) is 0.133. The molecule has 1 aromatic carbocycles. The molecule has 2 aromatic heterocycles. The van der Waals surface area contributed by atoms with Gasteiger partial charge in [0.1, 0.15) is 14.9 Å². The molecule has 0 saturated heterocycles. The van der Waals surface area contributed by atoms with Crippen molar-refractivity contribution in [2.45, 2.75) is 13.8 Å². The van der Waals surface area contributed by atoms with Crippen LogP contribution in [0, 0.1) is 13.8 Å². The molecule has 0 spiro atoms. The third-order valence-corrected chi connectivity index (χ3v) is 5.51. The van der Waals surface area contributed by atoms with E-state index in [0.29, 0.717) is 10.6 Å². The maximum absolute atomic E-state index is 11.1. The van der Waals surface area contributed by atoms with E-state index in [1.807, 2.05) is 37.3 Å². The van der Waals surface area contributed by atoms with Gasteiger partial charge in [0, 0.05) is 5.56 Å². The summed E-state index contributed by atoms with van der Waals surface area (Å²) in [7, 11) is 0. The second kappa shape index (κ2) is 5.38. The average Bonchev–Trinajstić information content (AvgIpc) is 3.03. The predicted molar refractivity (Wildman–Crippen MR) is 85.1 cm³/mol. The highest BCUT2D eigenvalue weighted by atomic mass is 32.1. The molecule has 0 unspecified atom stereocenters. The molecule has 0 radical (unpaired) electrons. The zero-order valence-corrected chi connectivity index (χ0v) is 13.1. The number of aromatic carboxylic acids is 1. The van der Waals surface area contributed by atoms with Crippen LogP contribution < -0.4 is 0 Å². The van der Waals surface area contributed by atoms with Crippen LogP contribution in [0.1, 0.15) is 21.1 Å². The predicted octanol–water partition coefficient (Wildman–Crippen LogP) is 4.25. The van der Waals surface area contributed by atoms with Crippen LogP contribution in [0.4, 0.5) is 0 Å². The summed E-state index contributed by atoms with van der Waals surface area (Å²) < 4.78 is 0. The van der Waals surface area contributed by atoms with Crippen molar-refractivity contribution in [2.24, 2.45) is 0 Å².